The summed E-state index contributed by atoms with van der Waals surface area (Å²) >= 11 is 9.10. The lowest BCUT2D eigenvalue weighted by Gasteiger charge is -2.03. The molecule has 1 N–H and O–H groups in total. The summed E-state index contributed by atoms with van der Waals surface area (Å²) in [6, 6.07) is 0. The van der Waals surface area contributed by atoms with Crippen LogP contribution >= 0.6 is 24.8 Å². The van der Waals surface area contributed by atoms with Crippen molar-refractivity contribution < 1.29 is 0 Å². The van der Waals surface area contributed by atoms with Crippen molar-refractivity contribution in [1.29, 1.82) is 0 Å². The Morgan fingerprint density at radius 2 is 2.30 bits per heavy atom. The fourth-order valence-corrected chi connectivity index (χ4v) is 0.979. The van der Waals surface area contributed by atoms with Crippen LogP contribution in [0.5, 0.6) is 0 Å². The van der Waals surface area contributed by atoms with Crippen molar-refractivity contribution in [3.63, 3.8) is 0 Å². The first-order chi connectivity index (χ1) is 4.81. The van der Waals surface area contributed by atoms with Gasteiger partial charge in [-0.1, -0.05) is 25.6 Å². The number of nitrogens with one attached hydrogen (secondary N) is 1. The molecule has 0 saturated heterocycles. The Bertz CT molecular complexity index is 83.6. The fraction of sp³-hybridized carbons (Fsp3) is 0.857. The van der Waals surface area contributed by atoms with Crippen molar-refractivity contribution in [3.8, 4) is 0 Å². The highest BCUT2D eigenvalue weighted by atomic mass is 32.1. The molecule has 0 atom stereocenters. The third-order valence-corrected chi connectivity index (χ3v) is 1.76. The van der Waals surface area contributed by atoms with Gasteiger partial charge in [-0.25, -0.2) is 0 Å². The Morgan fingerprint density at radius 3 is 2.80 bits per heavy atom. The first-order valence-electron chi connectivity index (χ1n) is 3.68. The molecule has 60 valence electrons. The Morgan fingerprint density at radius 1 is 1.60 bits per heavy atom. The molecule has 1 nitrogen and oxygen atoms in total. The molecule has 0 rings (SSSR count). The average molecular weight is 177 g/mol. The highest BCUT2D eigenvalue weighted by Crippen LogP contribution is 1.94. The Hall–Kier alpha value is 0.240. The van der Waals surface area contributed by atoms with E-state index >= 15 is 0 Å². The molecule has 0 aromatic rings. The summed E-state index contributed by atoms with van der Waals surface area (Å²) in [4.78, 5) is 0.982. The molecular weight excluding hydrogens is 162 g/mol. The van der Waals surface area contributed by atoms with Crippen molar-refractivity contribution >= 4 is 29.8 Å². The second-order valence-corrected chi connectivity index (χ2v) is 3.12. The molecule has 0 unspecified atom stereocenters. The molecule has 0 fully saturated rings. The summed E-state index contributed by atoms with van der Waals surface area (Å²) in [5, 5.41) is 3.12. The van der Waals surface area contributed by atoms with E-state index in [4.69, 9.17) is 12.2 Å². The van der Waals surface area contributed by atoms with Gasteiger partial charge in [0.2, 0.25) is 0 Å². The molecule has 0 saturated carbocycles. The van der Waals surface area contributed by atoms with Gasteiger partial charge >= 0.3 is 0 Å². The van der Waals surface area contributed by atoms with E-state index in [9.17, 15) is 0 Å². The number of unbranched alkanes of at least 4 members (excludes halogenated alkanes) is 1. The Kier molecular flexibility index (Phi) is 7.52. The zero-order valence-electron chi connectivity index (χ0n) is 6.39. The van der Waals surface area contributed by atoms with E-state index in [0.717, 1.165) is 23.7 Å². The lowest BCUT2D eigenvalue weighted by molar-refractivity contribution is 0.817. The van der Waals surface area contributed by atoms with Crippen LogP contribution in [0.25, 0.3) is 0 Å². The fourth-order valence-electron chi connectivity index (χ4n) is 0.621. The summed E-state index contributed by atoms with van der Waals surface area (Å²) in [7, 11) is 0. The van der Waals surface area contributed by atoms with Crippen LogP contribution < -0.4 is 5.32 Å². The molecule has 0 bridgehead atoms. The molecule has 0 radical (unpaired) electrons. The SMILES string of the molecule is CCCCC(=S)NCCS. The molecule has 0 amide bonds. The molecule has 0 aromatic carbocycles. The lowest BCUT2D eigenvalue weighted by atomic mass is 10.2. The van der Waals surface area contributed by atoms with Gasteiger partial charge in [-0.2, -0.15) is 12.6 Å². The van der Waals surface area contributed by atoms with E-state index in [1.54, 1.807) is 0 Å². The van der Waals surface area contributed by atoms with Crippen molar-refractivity contribution in [2.24, 2.45) is 0 Å². The zero-order valence-corrected chi connectivity index (χ0v) is 8.10. The van der Waals surface area contributed by atoms with Crippen LogP contribution in [-0.2, 0) is 0 Å². The number of thiocarbonyl (C=S) groups is 1. The van der Waals surface area contributed by atoms with E-state index < -0.39 is 0 Å². The third-order valence-electron chi connectivity index (χ3n) is 1.19. The van der Waals surface area contributed by atoms with Gasteiger partial charge in [0, 0.05) is 12.3 Å². The van der Waals surface area contributed by atoms with Gasteiger partial charge in [0.1, 0.15) is 0 Å². The quantitative estimate of drug-likeness (QED) is 0.492. The number of hydrogen-bond acceptors (Lipinski definition) is 2. The number of hydrogen-bond donors (Lipinski definition) is 2. The summed E-state index contributed by atoms with van der Waals surface area (Å²) < 4.78 is 0. The highest BCUT2D eigenvalue weighted by Gasteiger charge is 1.91. The summed E-state index contributed by atoms with van der Waals surface area (Å²) in [5.41, 5.74) is 0. The van der Waals surface area contributed by atoms with Gasteiger partial charge in [-0.15, -0.1) is 0 Å². The Balaban J connectivity index is 3.09. The van der Waals surface area contributed by atoms with E-state index in [1.165, 1.54) is 12.8 Å². The van der Waals surface area contributed by atoms with Gasteiger partial charge < -0.3 is 5.32 Å². The summed E-state index contributed by atoms with van der Waals surface area (Å²) in [6.45, 7) is 3.06. The molecule has 0 aliphatic rings. The van der Waals surface area contributed by atoms with Gasteiger partial charge in [0.25, 0.3) is 0 Å². The van der Waals surface area contributed by atoms with Gasteiger partial charge in [-0.05, 0) is 12.8 Å². The Labute approximate surface area is 74.0 Å². The van der Waals surface area contributed by atoms with Gasteiger partial charge in [0.05, 0.1) is 4.99 Å². The average Bonchev–Trinajstić information content (AvgIpc) is 1.97. The maximum absolute atomic E-state index is 5.04. The van der Waals surface area contributed by atoms with Crippen LogP contribution in [0.3, 0.4) is 0 Å². The van der Waals surface area contributed by atoms with Crippen molar-refractivity contribution in [3.05, 3.63) is 0 Å². The minimum absolute atomic E-state index is 0.853. The third kappa shape index (κ3) is 6.36. The standard InChI is InChI=1S/C7H15NS2/c1-2-3-4-7(10)8-5-6-9/h9H,2-6H2,1H3,(H,8,10). The summed E-state index contributed by atoms with van der Waals surface area (Å²) in [6.07, 6.45) is 3.43. The van der Waals surface area contributed by atoms with Crippen LogP contribution in [0.2, 0.25) is 0 Å². The first kappa shape index (κ1) is 10.2. The summed E-state index contributed by atoms with van der Waals surface area (Å²) in [5.74, 6) is 0.853. The predicted molar refractivity (Wildman–Crippen MR) is 54.0 cm³/mol. The lowest BCUT2D eigenvalue weighted by Crippen LogP contribution is -2.22. The molecule has 0 aliphatic heterocycles. The monoisotopic (exact) mass is 177 g/mol. The minimum atomic E-state index is 0.853. The highest BCUT2D eigenvalue weighted by molar-refractivity contribution is 7.80. The molecule has 3 heteroatoms. The predicted octanol–water partition coefficient (Wildman–Crippen LogP) is 2.02. The van der Waals surface area contributed by atoms with E-state index in [0.29, 0.717) is 0 Å². The maximum atomic E-state index is 5.04. The second-order valence-electron chi connectivity index (χ2n) is 2.18. The molecule has 0 spiro atoms. The molecule has 0 aliphatic carbocycles. The van der Waals surface area contributed by atoms with Crippen LogP contribution in [0, 0.1) is 0 Å². The van der Waals surface area contributed by atoms with Crippen LogP contribution in [0.15, 0.2) is 0 Å². The van der Waals surface area contributed by atoms with E-state index in [2.05, 4.69) is 24.9 Å². The maximum Gasteiger partial charge on any atom is 0.0753 e. The van der Waals surface area contributed by atoms with Gasteiger partial charge in [-0.3, -0.25) is 0 Å². The van der Waals surface area contributed by atoms with E-state index in [-0.39, 0.29) is 0 Å². The van der Waals surface area contributed by atoms with Crippen molar-refractivity contribution in [2.75, 3.05) is 12.3 Å². The first-order valence-corrected chi connectivity index (χ1v) is 4.73. The zero-order chi connectivity index (χ0) is 7.82. The molecule has 0 heterocycles. The normalized spacial score (nSPS) is 9.40. The molecular formula is C7H15NS2. The van der Waals surface area contributed by atoms with Crippen LogP contribution in [0.4, 0.5) is 0 Å². The largest absolute Gasteiger partial charge is 0.379 e. The van der Waals surface area contributed by atoms with Crippen LogP contribution in [0.1, 0.15) is 26.2 Å². The van der Waals surface area contributed by atoms with Crippen molar-refractivity contribution in [1.82, 2.24) is 5.32 Å². The number of thiol groups is 1. The van der Waals surface area contributed by atoms with Crippen molar-refractivity contribution in [2.45, 2.75) is 26.2 Å². The molecule has 0 aromatic heterocycles. The van der Waals surface area contributed by atoms with Gasteiger partial charge in [0.15, 0.2) is 0 Å². The number of rotatable bonds is 5. The second kappa shape index (κ2) is 7.35. The topological polar surface area (TPSA) is 12.0 Å². The van der Waals surface area contributed by atoms with Crippen LogP contribution in [-0.4, -0.2) is 17.3 Å². The smallest absolute Gasteiger partial charge is 0.0753 e. The van der Waals surface area contributed by atoms with E-state index in [1.807, 2.05) is 0 Å². The molecule has 10 heavy (non-hydrogen) atoms. The minimum Gasteiger partial charge on any atom is -0.379 e.